The third-order valence-electron chi connectivity index (χ3n) is 3.53. The number of hydrogen-bond donors (Lipinski definition) is 1. The molecule has 2 aromatic carbocycles. The zero-order valence-corrected chi connectivity index (χ0v) is 13.4. The first-order chi connectivity index (χ1) is 12.2. The van der Waals surface area contributed by atoms with E-state index in [1.54, 1.807) is 6.92 Å². The maximum Gasteiger partial charge on any atom is 0.279 e. The summed E-state index contributed by atoms with van der Waals surface area (Å²) in [4.78, 5) is 42.6. The minimum Gasteiger partial charge on any atom is -0.325 e. The molecule has 0 saturated carbocycles. The van der Waals surface area contributed by atoms with E-state index >= 15 is 0 Å². The van der Waals surface area contributed by atoms with Gasteiger partial charge in [0.25, 0.3) is 17.1 Å². The highest BCUT2D eigenvalue weighted by Crippen LogP contribution is 2.26. The molecule has 1 amide bonds. The first kappa shape index (κ1) is 18.4. The van der Waals surface area contributed by atoms with Gasteiger partial charge in [0.05, 0.1) is 32.9 Å². The minimum atomic E-state index is -0.811. The Labute approximate surface area is 145 Å². The van der Waals surface area contributed by atoms with Crippen molar-refractivity contribution in [1.82, 2.24) is 0 Å². The molecule has 0 radical (unpaired) electrons. The van der Waals surface area contributed by atoms with Crippen LogP contribution in [0.25, 0.3) is 0 Å². The summed E-state index contributed by atoms with van der Waals surface area (Å²) in [6.45, 7) is 1.63. The van der Waals surface area contributed by atoms with E-state index in [1.165, 1.54) is 18.2 Å². The number of carbonyl (C=O) groups is 1. The zero-order chi connectivity index (χ0) is 19.4. The predicted molar refractivity (Wildman–Crippen MR) is 89.9 cm³/mol. The molecule has 0 fully saturated rings. The summed E-state index contributed by atoms with van der Waals surface area (Å²) in [7, 11) is 0. The van der Waals surface area contributed by atoms with Gasteiger partial charge < -0.3 is 5.32 Å². The highest BCUT2D eigenvalue weighted by molar-refractivity contribution is 5.93. The normalized spacial score (nSPS) is 10.2. The number of rotatable bonds is 6. The summed E-state index contributed by atoms with van der Waals surface area (Å²) in [5.41, 5.74) is -0.468. The summed E-state index contributed by atoms with van der Waals surface area (Å²) in [5.74, 6) is -0.648. The molecule has 2 rings (SSSR count). The van der Waals surface area contributed by atoms with Crippen molar-refractivity contribution in [3.63, 3.8) is 0 Å². The molecule has 11 nitrogen and oxygen atoms in total. The first-order valence-electron chi connectivity index (χ1n) is 7.15. The third-order valence-corrected chi connectivity index (χ3v) is 3.53. The van der Waals surface area contributed by atoms with E-state index in [1.807, 2.05) is 0 Å². The van der Waals surface area contributed by atoms with E-state index in [2.05, 4.69) is 5.32 Å². The van der Waals surface area contributed by atoms with Crippen LogP contribution in [-0.4, -0.2) is 20.7 Å². The van der Waals surface area contributed by atoms with Gasteiger partial charge in [0, 0.05) is 23.8 Å². The van der Waals surface area contributed by atoms with Crippen molar-refractivity contribution < 1.29 is 19.6 Å². The Kier molecular flexibility index (Phi) is 5.21. The van der Waals surface area contributed by atoms with Crippen LogP contribution in [0, 0.1) is 37.3 Å². The summed E-state index contributed by atoms with van der Waals surface area (Å²) in [5, 5.41) is 35.1. The van der Waals surface area contributed by atoms with Gasteiger partial charge in [-0.2, -0.15) is 0 Å². The molecule has 0 aromatic heterocycles. The Morgan fingerprint density at radius 2 is 1.50 bits per heavy atom. The van der Waals surface area contributed by atoms with Crippen LogP contribution in [0.3, 0.4) is 0 Å². The number of nitro benzene ring substituents is 3. The number of benzene rings is 2. The van der Waals surface area contributed by atoms with Crippen LogP contribution in [0.15, 0.2) is 36.4 Å². The SMILES string of the molecule is Cc1ccc([N+](=O)[O-])cc1NC(=O)Cc1ccc([N+](=O)[O-])cc1[N+](=O)[O-]. The predicted octanol–water partition coefficient (Wildman–Crippen LogP) is 2.90. The van der Waals surface area contributed by atoms with E-state index < -0.39 is 38.5 Å². The van der Waals surface area contributed by atoms with Gasteiger partial charge >= 0.3 is 0 Å². The van der Waals surface area contributed by atoms with E-state index in [-0.39, 0.29) is 16.9 Å². The molecule has 11 heteroatoms. The van der Waals surface area contributed by atoms with Crippen molar-refractivity contribution in [3.8, 4) is 0 Å². The number of nitrogens with zero attached hydrogens (tertiary/aromatic N) is 3. The summed E-state index contributed by atoms with van der Waals surface area (Å²) in [6, 6.07) is 6.90. The lowest BCUT2D eigenvalue weighted by Gasteiger charge is -2.08. The van der Waals surface area contributed by atoms with E-state index in [0.29, 0.717) is 5.56 Å². The van der Waals surface area contributed by atoms with Crippen LogP contribution in [0.2, 0.25) is 0 Å². The van der Waals surface area contributed by atoms with Crippen LogP contribution in [0.4, 0.5) is 22.7 Å². The largest absolute Gasteiger partial charge is 0.325 e. The zero-order valence-electron chi connectivity index (χ0n) is 13.4. The van der Waals surface area contributed by atoms with Gasteiger partial charge in [-0.3, -0.25) is 35.1 Å². The summed E-state index contributed by atoms with van der Waals surface area (Å²) in [6.07, 6.45) is -0.420. The molecule has 1 N–H and O–H groups in total. The quantitative estimate of drug-likeness (QED) is 0.612. The maximum absolute atomic E-state index is 12.2. The number of aryl methyl sites for hydroxylation is 1. The fraction of sp³-hybridized carbons (Fsp3) is 0.133. The average Bonchev–Trinajstić information content (AvgIpc) is 2.56. The van der Waals surface area contributed by atoms with Crippen LogP contribution in [0.5, 0.6) is 0 Å². The first-order valence-corrected chi connectivity index (χ1v) is 7.15. The topological polar surface area (TPSA) is 159 Å². The number of nitro groups is 3. The lowest BCUT2D eigenvalue weighted by atomic mass is 10.1. The number of hydrogen-bond acceptors (Lipinski definition) is 7. The molecule has 0 heterocycles. The summed E-state index contributed by atoms with van der Waals surface area (Å²) < 4.78 is 0. The molecule has 0 saturated heterocycles. The number of nitrogens with one attached hydrogen (secondary N) is 1. The van der Waals surface area contributed by atoms with Crippen LogP contribution < -0.4 is 5.32 Å². The second-order valence-corrected chi connectivity index (χ2v) is 5.31. The highest BCUT2D eigenvalue weighted by Gasteiger charge is 2.21. The molecule has 134 valence electrons. The van der Waals surface area contributed by atoms with Crippen LogP contribution >= 0.6 is 0 Å². The van der Waals surface area contributed by atoms with Gasteiger partial charge in [-0.15, -0.1) is 0 Å². The molecule has 0 unspecified atom stereocenters. The molecular weight excluding hydrogens is 348 g/mol. The Hall–Kier alpha value is -3.89. The fourth-order valence-electron chi connectivity index (χ4n) is 2.21. The fourth-order valence-corrected chi connectivity index (χ4v) is 2.21. The van der Waals surface area contributed by atoms with Crippen molar-refractivity contribution in [2.45, 2.75) is 13.3 Å². The monoisotopic (exact) mass is 360 g/mol. The Morgan fingerprint density at radius 3 is 2.08 bits per heavy atom. The standard InChI is InChI=1S/C15H12N4O7/c1-9-2-4-11(17(21)22)7-13(9)16-15(20)6-10-3-5-12(18(23)24)8-14(10)19(25)26/h2-5,7-8H,6H2,1H3,(H,16,20). The van der Waals surface area contributed by atoms with Gasteiger partial charge in [-0.1, -0.05) is 6.07 Å². The van der Waals surface area contributed by atoms with Crippen molar-refractivity contribution in [2.24, 2.45) is 0 Å². The van der Waals surface area contributed by atoms with Gasteiger partial charge in [-0.25, -0.2) is 0 Å². The number of carbonyl (C=O) groups excluding carboxylic acids is 1. The Bertz CT molecular complexity index is 926. The smallest absolute Gasteiger partial charge is 0.279 e. The Morgan fingerprint density at radius 1 is 0.923 bits per heavy atom. The molecular formula is C15H12N4O7. The van der Waals surface area contributed by atoms with Crippen molar-refractivity contribution >= 4 is 28.7 Å². The third kappa shape index (κ3) is 4.14. The second-order valence-electron chi connectivity index (χ2n) is 5.31. The van der Waals surface area contributed by atoms with Gasteiger partial charge in [0.1, 0.15) is 0 Å². The van der Waals surface area contributed by atoms with Gasteiger partial charge in [0.15, 0.2) is 0 Å². The van der Waals surface area contributed by atoms with E-state index in [9.17, 15) is 35.1 Å². The maximum atomic E-state index is 12.2. The molecule has 0 bridgehead atoms. The van der Waals surface area contributed by atoms with Crippen molar-refractivity contribution in [2.75, 3.05) is 5.32 Å². The second kappa shape index (κ2) is 7.34. The van der Waals surface area contributed by atoms with Crippen LogP contribution in [-0.2, 0) is 11.2 Å². The molecule has 0 aliphatic rings. The van der Waals surface area contributed by atoms with Gasteiger partial charge in [0.2, 0.25) is 5.91 Å². The molecule has 2 aromatic rings. The van der Waals surface area contributed by atoms with E-state index in [4.69, 9.17) is 0 Å². The van der Waals surface area contributed by atoms with Crippen LogP contribution in [0.1, 0.15) is 11.1 Å². The molecule has 0 spiro atoms. The molecule has 0 aliphatic heterocycles. The number of non-ortho nitro benzene ring substituents is 2. The lowest BCUT2D eigenvalue weighted by molar-refractivity contribution is -0.394. The van der Waals surface area contributed by atoms with Crippen molar-refractivity contribution in [1.29, 1.82) is 0 Å². The number of anilines is 1. The number of amides is 1. The molecule has 26 heavy (non-hydrogen) atoms. The average molecular weight is 360 g/mol. The minimum absolute atomic E-state index is 0.0128. The van der Waals surface area contributed by atoms with Crippen molar-refractivity contribution in [3.05, 3.63) is 77.9 Å². The Balaban J connectivity index is 2.25. The van der Waals surface area contributed by atoms with Gasteiger partial charge in [-0.05, 0) is 18.6 Å². The van der Waals surface area contributed by atoms with E-state index in [0.717, 1.165) is 18.2 Å². The summed E-state index contributed by atoms with van der Waals surface area (Å²) >= 11 is 0. The molecule has 0 aliphatic carbocycles. The molecule has 0 atom stereocenters. The lowest BCUT2D eigenvalue weighted by Crippen LogP contribution is -2.16. The highest BCUT2D eigenvalue weighted by atomic mass is 16.6.